The van der Waals surface area contributed by atoms with Crippen LogP contribution in [-0.2, 0) is 11.8 Å². The van der Waals surface area contributed by atoms with E-state index in [9.17, 15) is 18.3 Å². The number of halogens is 5. The van der Waals surface area contributed by atoms with Crippen LogP contribution in [0.4, 0.5) is 31.0 Å². The lowest BCUT2D eigenvalue weighted by Gasteiger charge is -2.39. The number of hydrogen-bond donors (Lipinski definition) is 5. The molecule has 1 aromatic heterocycles. The summed E-state index contributed by atoms with van der Waals surface area (Å²) < 4.78 is 40.1. The van der Waals surface area contributed by atoms with Crippen molar-refractivity contribution in [3.05, 3.63) is 34.3 Å². The summed E-state index contributed by atoms with van der Waals surface area (Å²) in [5.74, 6) is 1.95. The van der Waals surface area contributed by atoms with Crippen LogP contribution in [0.2, 0.25) is 5.02 Å². The van der Waals surface area contributed by atoms with Crippen molar-refractivity contribution >= 4 is 41.9 Å². The molecule has 41 heavy (non-hydrogen) atoms. The van der Waals surface area contributed by atoms with E-state index in [1.54, 1.807) is 0 Å². The third-order valence-electron chi connectivity index (χ3n) is 7.56. The Balaban J connectivity index is -0.000000593. The molecule has 11 nitrogen and oxygen atoms in total. The van der Waals surface area contributed by atoms with Crippen molar-refractivity contribution in [3.63, 3.8) is 0 Å². The summed E-state index contributed by atoms with van der Waals surface area (Å²) in [6, 6.07) is 3.68. The molecule has 0 radical (unpaired) electrons. The average molecular weight is 638 g/mol. The fourth-order valence-electron chi connectivity index (χ4n) is 5.35. The smallest absolute Gasteiger partial charge is 0.385 e. The Hall–Kier alpha value is -2.20. The molecule has 244 valence electrons. The van der Waals surface area contributed by atoms with Crippen LogP contribution < -0.4 is 39.3 Å². The highest BCUT2D eigenvalue weighted by Crippen LogP contribution is 2.40. The molecule has 0 amide bonds. The average Bonchev–Trinajstić information content (AvgIpc) is 2.89. The lowest BCUT2D eigenvalue weighted by atomic mass is 9.84. The molecule has 13 N–H and O–H groups in total. The molecular weight excluding hydrogens is 584 g/mol. The monoisotopic (exact) mass is 636 g/mol. The summed E-state index contributed by atoms with van der Waals surface area (Å²) in [6.07, 6.45) is 2.79. The minimum Gasteiger partial charge on any atom is -0.385 e. The number of anilines is 3. The largest absolute Gasteiger partial charge is 0.417 e. The van der Waals surface area contributed by atoms with Crippen molar-refractivity contribution in [2.75, 3.05) is 54.0 Å². The highest BCUT2D eigenvalue weighted by Gasteiger charge is 2.39. The van der Waals surface area contributed by atoms with Crippen LogP contribution in [0.1, 0.15) is 68.2 Å². The Morgan fingerprint density at radius 1 is 0.707 bits per heavy atom. The van der Waals surface area contributed by atoms with Gasteiger partial charge in [0.25, 0.3) is 0 Å². The molecule has 3 saturated heterocycles. The van der Waals surface area contributed by atoms with Crippen molar-refractivity contribution < 1.29 is 24.0 Å². The third kappa shape index (κ3) is 8.66. The zero-order valence-electron chi connectivity index (χ0n) is 23.5. The number of nitrogens with zero attached hydrogens (tertiary/aromatic N) is 6. The molecule has 0 atom stereocenters. The van der Waals surface area contributed by atoms with Crippen molar-refractivity contribution in [1.29, 1.82) is 0 Å². The molecule has 4 heterocycles. The molecule has 0 saturated carbocycles. The van der Waals surface area contributed by atoms with Crippen molar-refractivity contribution in [2.24, 2.45) is 0 Å². The van der Waals surface area contributed by atoms with Crippen LogP contribution in [0, 0.1) is 0 Å². The van der Waals surface area contributed by atoms with Gasteiger partial charge in [-0.05, 0) is 69.1 Å². The van der Waals surface area contributed by atoms with Gasteiger partial charge < -0.3 is 44.4 Å². The summed E-state index contributed by atoms with van der Waals surface area (Å²) in [7, 11) is 0. The van der Waals surface area contributed by atoms with Gasteiger partial charge in [0.05, 0.1) is 16.2 Å². The first-order valence-electron chi connectivity index (χ1n) is 12.8. The number of benzene rings is 1. The molecule has 3 aliphatic heterocycles. The molecule has 3 aliphatic rings. The minimum absolute atomic E-state index is 0. The second kappa shape index (κ2) is 15.9. The number of piperidine rings is 3. The van der Waals surface area contributed by atoms with Crippen LogP contribution in [0.5, 0.6) is 0 Å². The van der Waals surface area contributed by atoms with Gasteiger partial charge in [-0.3, -0.25) is 0 Å². The predicted octanol–water partition coefficient (Wildman–Crippen LogP) is 7.07. The maximum atomic E-state index is 13.4. The second-order valence-corrected chi connectivity index (χ2v) is 10.4. The van der Waals surface area contributed by atoms with Gasteiger partial charge in [-0.2, -0.15) is 28.1 Å². The fourth-order valence-corrected chi connectivity index (χ4v) is 5.58. The molecule has 3 fully saturated rings. The van der Waals surface area contributed by atoms with Gasteiger partial charge in [0, 0.05) is 45.0 Å². The second-order valence-electron chi connectivity index (χ2n) is 10.0. The number of aromatic nitrogens is 3. The first-order chi connectivity index (χ1) is 17.2. The maximum Gasteiger partial charge on any atom is 0.417 e. The first kappa shape index (κ1) is 38.8. The zero-order valence-corrected chi connectivity index (χ0v) is 25.1. The van der Waals surface area contributed by atoms with Crippen molar-refractivity contribution in [3.8, 4) is 0 Å². The third-order valence-corrected chi connectivity index (χ3v) is 7.89. The van der Waals surface area contributed by atoms with E-state index in [2.05, 4.69) is 9.80 Å². The Morgan fingerprint density at radius 3 is 1.49 bits per heavy atom. The van der Waals surface area contributed by atoms with Crippen molar-refractivity contribution in [2.45, 2.75) is 63.1 Å². The SMILES string of the molecule is Cl.N.N.N.N.OC1(c2ccc(Cl)c(C(F)(F)F)c2)CCN(c2nc(N3CCCCC3)nc(N3CCCCC3)n2)CC1.[HH].[HH].[HH].[HH]. The lowest BCUT2D eigenvalue weighted by Crippen LogP contribution is -2.44. The number of hydrogen-bond acceptors (Lipinski definition) is 11. The van der Waals surface area contributed by atoms with E-state index in [0.717, 1.165) is 57.9 Å². The van der Waals surface area contributed by atoms with E-state index < -0.39 is 17.3 Å². The van der Waals surface area contributed by atoms with Crippen molar-refractivity contribution in [1.82, 2.24) is 39.6 Å². The van der Waals surface area contributed by atoms with E-state index in [4.69, 9.17) is 26.6 Å². The summed E-state index contributed by atoms with van der Waals surface area (Å²) in [6.45, 7) is 4.51. The molecule has 2 aromatic rings. The number of aliphatic hydroxyl groups is 1. The van der Waals surface area contributed by atoms with Crippen LogP contribution in [-0.4, -0.2) is 59.3 Å². The van der Waals surface area contributed by atoms with Crippen LogP contribution in [0.3, 0.4) is 0 Å². The van der Waals surface area contributed by atoms with E-state index >= 15 is 0 Å². The van der Waals surface area contributed by atoms with Gasteiger partial charge in [-0.25, -0.2) is 0 Å². The summed E-state index contributed by atoms with van der Waals surface area (Å²) in [5, 5.41) is 10.9. The van der Waals surface area contributed by atoms with Gasteiger partial charge in [0.2, 0.25) is 17.8 Å². The van der Waals surface area contributed by atoms with Crippen LogP contribution in [0.25, 0.3) is 0 Å². The Labute approximate surface area is 256 Å². The van der Waals surface area contributed by atoms with E-state index in [-0.39, 0.29) is 66.1 Å². The zero-order chi connectivity index (χ0) is 25.3. The Kier molecular flexibility index (Phi) is 15.0. The molecule has 0 bridgehead atoms. The maximum absolute atomic E-state index is 13.4. The van der Waals surface area contributed by atoms with E-state index in [1.165, 1.54) is 25.0 Å². The summed E-state index contributed by atoms with van der Waals surface area (Å²) >= 11 is 5.79. The number of alkyl halides is 3. The molecule has 0 spiro atoms. The summed E-state index contributed by atoms with van der Waals surface area (Å²) in [4.78, 5) is 20.9. The summed E-state index contributed by atoms with van der Waals surface area (Å²) in [5.41, 5.74) is -2.07. The Bertz CT molecular complexity index is 1060. The minimum atomic E-state index is -4.58. The van der Waals surface area contributed by atoms with E-state index in [1.807, 2.05) is 4.90 Å². The quantitative estimate of drug-likeness (QED) is 0.229. The van der Waals surface area contributed by atoms with Gasteiger partial charge >= 0.3 is 6.18 Å². The molecule has 0 unspecified atom stereocenters. The van der Waals surface area contributed by atoms with Crippen LogP contribution in [0.15, 0.2) is 18.2 Å². The molecular formula is C25H53Cl2F3N10O. The normalized spacial score (nSPS) is 18.5. The standard InChI is InChI=1S/C25H32ClF3N6O.ClH.4H3N.4H2/c26-20-8-7-18(17-19(20)25(27,28)29)24(36)9-15-35(16-10-24)23-31-21(33-11-3-1-4-12-33)30-22(32-23)34-13-5-2-6-14-34;;;;;;;;;/h7-8,17,36H,1-6,9-16H2;1H;4*1H3;4*1H. The van der Waals surface area contributed by atoms with Gasteiger partial charge in [0.15, 0.2) is 0 Å². The lowest BCUT2D eigenvalue weighted by molar-refractivity contribution is -0.137. The van der Waals surface area contributed by atoms with Gasteiger partial charge in [-0.15, -0.1) is 12.4 Å². The predicted molar refractivity (Wildman–Crippen MR) is 170 cm³/mol. The van der Waals surface area contributed by atoms with Gasteiger partial charge in [0.1, 0.15) is 0 Å². The topological polar surface area (TPSA) is 209 Å². The Morgan fingerprint density at radius 2 is 1.10 bits per heavy atom. The molecule has 0 aliphatic carbocycles. The highest BCUT2D eigenvalue weighted by molar-refractivity contribution is 6.31. The molecule has 5 rings (SSSR count). The van der Waals surface area contributed by atoms with E-state index in [0.29, 0.717) is 30.9 Å². The molecule has 16 heteroatoms. The van der Waals surface area contributed by atoms with Gasteiger partial charge in [-0.1, -0.05) is 17.7 Å². The highest BCUT2D eigenvalue weighted by atomic mass is 35.5. The van der Waals surface area contributed by atoms with Crippen LogP contribution >= 0.6 is 24.0 Å². The first-order valence-corrected chi connectivity index (χ1v) is 13.2. The fraction of sp³-hybridized carbons (Fsp3) is 0.640. The molecule has 1 aromatic carbocycles. The number of rotatable bonds is 4.